The molecular formula is C61H89NO13. The van der Waals surface area contributed by atoms with Crippen LogP contribution in [0.5, 0.6) is 0 Å². The van der Waals surface area contributed by atoms with Crippen LogP contribution in [0.25, 0.3) is 0 Å². The third-order valence-corrected chi connectivity index (χ3v) is 18.1. The van der Waals surface area contributed by atoms with Gasteiger partial charge in [-0.3, -0.25) is 14.5 Å². The Bertz CT molecular complexity index is 2220. The van der Waals surface area contributed by atoms with Gasteiger partial charge in [0, 0.05) is 40.7 Å². The predicted molar refractivity (Wildman–Crippen MR) is 284 cm³/mol. The fraction of sp³-hybridized carbons (Fsp3) is 0.721. The molecule has 0 aromatic carbocycles. The monoisotopic (exact) mass is 1040 g/mol. The van der Waals surface area contributed by atoms with Crippen LogP contribution < -0.4 is 0 Å². The van der Waals surface area contributed by atoms with Crippen LogP contribution in [0.2, 0.25) is 0 Å². The van der Waals surface area contributed by atoms with Crippen LogP contribution in [-0.2, 0) is 57.2 Å². The maximum atomic E-state index is 12.1. The summed E-state index contributed by atoms with van der Waals surface area (Å²) in [6.07, 6.45) is 21.3. The standard InChI is InChI=1S/C17H26O2.C14H20O3.C12H20O2.C10H13NO2.C8H10O4/c1-10(2)16(18)19-17(11(3)4)14-6-12-5-13(8-14)9-15(17)7-12;1-9(2)12(15)17-14-6-10-3-11(7-14)5-13(16,4-10)8-14;1-4-12(8-6-5-7-9-12)14-11(13)10(2)3;1-6(2)9(12)11-8-5-3-4-7(8)10(11)13;1-5(2)7(9)12-6-3-4-11-8(6)10/h11-15H,1,5-9H2,2-4H3;10-11,16H,1,3-8H2,2H3;2,4-9H2,1,3H3;7-8H,1,3-5H2,2H3;6H,1,3-4H2,2H3. The number of cyclic esters (lactones) is 1. The fourth-order valence-corrected chi connectivity index (χ4v) is 15.0. The van der Waals surface area contributed by atoms with E-state index in [-0.39, 0.29) is 58.5 Å². The highest BCUT2D eigenvalue weighted by atomic mass is 16.6. The Labute approximate surface area is 446 Å². The van der Waals surface area contributed by atoms with Crippen molar-refractivity contribution in [1.82, 2.24) is 4.90 Å². The summed E-state index contributed by atoms with van der Waals surface area (Å²) in [6.45, 7) is 33.2. The summed E-state index contributed by atoms with van der Waals surface area (Å²) in [5, 5.41) is 10.5. The van der Waals surface area contributed by atoms with Gasteiger partial charge in [0.1, 0.15) is 16.8 Å². The second-order valence-electron chi connectivity index (χ2n) is 24.8. The van der Waals surface area contributed by atoms with Crippen LogP contribution in [0, 0.1) is 47.3 Å². The highest BCUT2D eigenvalue weighted by Crippen LogP contribution is 2.62. The van der Waals surface area contributed by atoms with Crippen molar-refractivity contribution in [2.24, 2.45) is 47.3 Å². The highest BCUT2D eigenvalue weighted by molar-refractivity contribution is 6.08. The molecule has 0 aromatic heterocycles. The number of fused-ring (bicyclic) bond motifs is 1. The van der Waals surface area contributed by atoms with Gasteiger partial charge in [-0.2, -0.15) is 0 Å². The quantitative estimate of drug-likeness (QED) is 0.0891. The number of esters is 5. The first-order chi connectivity index (χ1) is 35.2. The van der Waals surface area contributed by atoms with Crippen LogP contribution in [0.1, 0.15) is 190 Å². The normalized spacial score (nSPS) is 34.3. The van der Waals surface area contributed by atoms with Gasteiger partial charge >= 0.3 is 29.8 Å². The van der Waals surface area contributed by atoms with Gasteiger partial charge in [-0.05, 0) is 185 Å². The van der Waals surface area contributed by atoms with Gasteiger partial charge in [-0.25, -0.2) is 24.0 Å². The number of amides is 2. The third-order valence-electron chi connectivity index (χ3n) is 18.1. The van der Waals surface area contributed by atoms with E-state index in [1.807, 2.05) is 0 Å². The second kappa shape index (κ2) is 24.2. The number of ether oxygens (including phenoxy) is 5. The van der Waals surface area contributed by atoms with Gasteiger partial charge in [0.15, 0.2) is 0 Å². The Morgan fingerprint density at radius 2 is 1.15 bits per heavy atom. The van der Waals surface area contributed by atoms with Crippen molar-refractivity contribution in [3.05, 3.63) is 60.8 Å². The van der Waals surface area contributed by atoms with Gasteiger partial charge in [0.25, 0.3) is 5.91 Å². The summed E-state index contributed by atoms with van der Waals surface area (Å²) < 4.78 is 26.7. The Balaban J connectivity index is 0.000000154. The minimum Gasteiger partial charge on any atom is -0.463 e. The molecule has 5 atom stereocenters. The lowest BCUT2D eigenvalue weighted by atomic mass is 9.47. The summed E-state index contributed by atoms with van der Waals surface area (Å²) in [6, 6.07) is 0.191. The second-order valence-corrected chi connectivity index (χ2v) is 24.8. The van der Waals surface area contributed by atoms with E-state index in [1.54, 1.807) is 27.7 Å². The zero-order valence-electron chi connectivity index (χ0n) is 46.7. The number of likely N-dealkylation sites (tertiary alicyclic amines) is 1. The van der Waals surface area contributed by atoms with Crippen LogP contribution in [-0.4, -0.2) is 92.8 Å². The van der Waals surface area contributed by atoms with Crippen molar-refractivity contribution in [3.8, 4) is 0 Å². The maximum absolute atomic E-state index is 12.1. The molecule has 1 N–H and O–H groups in total. The van der Waals surface area contributed by atoms with Crippen LogP contribution >= 0.6 is 0 Å². The van der Waals surface area contributed by atoms with Crippen LogP contribution in [0.4, 0.5) is 0 Å². The summed E-state index contributed by atoms with van der Waals surface area (Å²) in [5.74, 6) is 2.72. The molecule has 14 nitrogen and oxygen atoms in total. The van der Waals surface area contributed by atoms with E-state index in [0.717, 1.165) is 76.0 Å². The lowest BCUT2D eigenvalue weighted by Gasteiger charge is -2.61. The first-order valence-corrected chi connectivity index (χ1v) is 28.1. The van der Waals surface area contributed by atoms with Crippen molar-refractivity contribution in [2.45, 2.75) is 225 Å². The van der Waals surface area contributed by atoms with Crippen molar-refractivity contribution < 1.29 is 62.4 Å². The van der Waals surface area contributed by atoms with Gasteiger partial charge in [0.05, 0.1) is 24.2 Å². The molecule has 0 aromatic rings. The Kier molecular flexibility index (Phi) is 19.2. The zero-order chi connectivity index (χ0) is 55.4. The van der Waals surface area contributed by atoms with Crippen molar-refractivity contribution in [1.29, 1.82) is 0 Å². The van der Waals surface area contributed by atoms with E-state index in [0.29, 0.717) is 71.3 Å². The molecule has 2 amide bonds. The smallest absolute Gasteiger partial charge is 0.347 e. The predicted octanol–water partition coefficient (Wildman–Crippen LogP) is 10.9. The first kappa shape index (κ1) is 59.4. The van der Waals surface area contributed by atoms with Gasteiger partial charge in [-0.15, -0.1) is 0 Å². The largest absolute Gasteiger partial charge is 0.463 e. The fourth-order valence-electron chi connectivity index (χ4n) is 15.0. The summed E-state index contributed by atoms with van der Waals surface area (Å²) >= 11 is 0. The summed E-state index contributed by atoms with van der Waals surface area (Å²) in [5.41, 5.74) is 0.879. The number of hydrogen-bond acceptors (Lipinski definition) is 13. The van der Waals surface area contributed by atoms with E-state index >= 15 is 0 Å². The average molecular weight is 1040 g/mol. The first-order valence-electron chi connectivity index (χ1n) is 28.1. The zero-order valence-corrected chi connectivity index (χ0v) is 46.7. The summed E-state index contributed by atoms with van der Waals surface area (Å²) in [4.78, 5) is 81.3. The SMILES string of the molecule is C=C(C)C(=O)N1C(=O)C2CCCC21.C=C(C)C(=O)OC1(C(C)C)C2CC3CC(C2)CC1C3.C=C(C)C(=O)OC1(CC)CCCCC1.C=C(C)C(=O)OC12CC3CC(CC(O)(C3)C1)C2.C=C(C)C(=O)OC1CCOC1=O. The third kappa shape index (κ3) is 13.6. The molecule has 2 heterocycles. The van der Waals surface area contributed by atoms with Crippen molar-refractivity contribution in [2.75, 3.05) is 6.61 Å². The highest BCUT2D eigenvalue weighted by Gasteiger charge is 2.61. The molecule has 10 aliphatic carbocycles. The molecule has 2 aliphatic heterocycles. The van der Waals surface area contributed by atoms with Gasteiger partial charge in [-0.1, -0.05) is 66.5 Å². The number of hydrogen-bond donors (Lipinski definition) is 1. The lowest BCUT2D eigenvalue weighted by molar-refractivity contribution is -0.221. The van der Waals surface area contributed by atoms with E-state index in [4.69, 9.17) is 18.9 Å². The molecule has 12 aliphatic rings. The number of nitrogens with zero attached hydrogens (tertiary/aromatic N) is 1. The Morgan fingerprint density at radius 1 is 0.640 bits per heavy atom. The molecule has 2 saturated heterocycles. The number of carbonyl (C=O) groups excluding carboxylic acids is 7. The molecule has 0 spiro atoms. The summed E-state index contributed by atoms with van der Waals surface area (Å²) in [7, 11) is 0. The molecule has 10 saturated carbocycles. The Hall–Kier alpha value is -4.85. The number of aliphatic hydroxyl groups is 1. The minimum atomic E-state index is -0.728. The maximum Gasteiger partial charge on any atom is 0.347 e. The van der Waals surface area contributed by atoms with Crippen molar-refractivity contribution >= 4 is 41.7 Å². The lowest BCUT2D eigenvalue weighted by Crippen LogP contribution is -2.62. The van der Waals surface area contributed by atoms with Crippen LogP contribution in [0.3, 0.4) is 0 Å². The molecule has 416 valence electrons. The van der Waals surface area contributed by atoms with E-state index < -0.39 is 29.2 Å². The van der Waals surface area contributed by atoms with Gasteiger partial charge < -0.3 is 28.8 Å². The van der Waals surface area contributed by atoms with Gasteiger partial charge in [0.2, 0.25) is 12.0 Å². The minimum absolute atomic E-state index is 0.00972. The van der Waals surface area contributed by atoms with E-state index in [9.17, 15) is 38.7 Å². The number of carbonyl (C=O) groups is 7. The topological polar surface area (TPSA) is 189 Å². The molecule has 12 fully saturated rings. The van der Waals surface area contributed by atoms with Crippen LogP contribution in [0.15, 0.2) is 60.8 Å². The number of imide groups is 1. The van der Waals surface area contributed by atoms with Crippen molar-refractivity contribution in [3.63, 3.8) is 0 Å². The number of β-lactam (4-membered cyclic amide) rings is 1. The molecule has 5 unspecified atom stereocenters. The molecule has 8 bridgehead atoms. The molecule has 75 heavy (non-hydrogen) atoms. The molecule has 12 rings (SSSR count). The molecule has 14 heteroatoms. The Morgan fingerprint density at radius 3 is 1.60 bits per heavy atom. The number of rotatable bonds is 11. The van der Waals surface area contributed by atoms with E-state index in [2.05, 4.69) is 58.4 Å². The average Bonchev–Trinajstić information content (AvgIpc) is 3.95. The molecule has 0 radical (unpaired) electrons. The molecular weight excluding hydrogens is 955 g/mol. The van der Waals surface area contributed by atoms with E-state index in [1.165, 1.54) is 69.6 Å².